The molecule has 3 aromatic rings. The molecule has 9 heteroatoms. The maximum Gasteiger partial charge on any atom is 0.244 e. The van der Waals surface area contributed by atoms with Crippen LogP contribution in [-0.4, -0.2) is 46.5 Å². The van der Waals surface area contributed by atoms with Crippen LogP contribution in [0.1, 0.15) is 24.0 Å². The zero-order valence-corrected chi connectivity index (χ0v) is 18.1. The lowest BCUT2D eigenvalue weighted by Crippen LogP contribution is -2.41. The molecule has 0 unspecified atom stereocenters. The first-order chi connectivity index (χ1) is 14.9. The van der Waals surface area contributed by atoms with Crippen molar-refractivity contribution < 1.29 is 13.2 Å². The Balaban J connectivity index is 1.37. The van der Waals surface area contributed by atoms with Crippen LogP contribution in [0.2, 0.25) is 0 Å². The van der Waals surface area contributed by atoms with Crippen molar-refractivity contribution in [2.45, 2.75) is 31.2 Å². The molecule has 0 spiro atoms. The SMILES string of the molecule is Cc1cccc(Cn2nccc2NC(=O)C2CCN(S(=O)(=O)c3cccnc3)CC2)c1. The highest BCUT2D eigenvalue weighted by molar-refractivity contribution is 7.89. The van der Waals surface area contributed by atoms with Crippen LogP contribution in [-0.2, 0) is 21.4 Å². The van der Waals surface area contributed by atoms with E-state index in [1.54, 1.807) is 29.2 Å². The number of aryl methyl sites for hydroxylation is 1. The normalized spacial score (nSPS) is 15.6. The fraction of sp³-hybridized carbons (Fsp3) is 0.318. The van der Waals surface area contributed by atoms with Crippen LogP contribution in [0.25, 0.3) is 0 Å². The van der Waals surface area contributed by atoms with E-state index in [2.05, 4.69) is 21.5 Å². The maximum absolute atomic E-state index is 12.8. The average molecular weight is 440 g/mol. The zero-order chi connectivity index (χ0) is 21.8. The summed E-state index contributed by atoms with van der Waals surface area (Å²) in [5, 5.41) is 7.29. The van der Waals surface area contributed by atoms with Gasteiger partial charge in [0.25, 0.3) is 0 Å². The van der Waals surface area contributed by atoms with Crippen LogP contribution in [0.3, 0.4) is 0 Å². The monoisotopic (exact) mass is 439 g/mol. The minimum atomic E-state index is -3.58. The molecule has 1 fully saturated rings. The number of carbonyl (C=O) groups excluding carboxylic acids is 1. The Morgan fingerprint density at radius 3 is 2.65 bits per heavy atom. The van der Waals surface area contributed by atoms with Crippen LogP contribution >= 0.6 is 0 Å². The van der Waals surface area contributed by atoms with E-state index in [4.69, 9.17) is 0 Å². The van der Waals surface area contributed by atoms with E-state index >= 15 is 0 Å². The molecule has 1 aliphatic heterocycles. The number of nitrogens with one attached hydrogen (secondary N) is 1. The highest BCUT2D eigenvalue weighted by Crippen LogP contribution is 2.24. The van der Waals surface area contributed by atoms with Gasteiger partial charge in [-0.3, -0.25) is 9.78 Å². The molecule has 1 aromatic carbocycles. The lowest BCUT2D eigenvalue weighted by molar-refractivity contribution is -0.121. The molecule has 0 saturated carbocycles. The lowest BCUT2D eigenvalue weighted by atomic mass is 9.97. The Bertz CT molecular complexity index is 1150. The number of hydrogen-bond acceptors (Lipinski definition) is 5. The average Bonchev–Trinajstić information content (AvgIpc) is 3.21. The van der Waals surface area contributed by atoms with Gasteiger partial charge in [0, 0.05) is 37.5 Å². The van der Waals surface area contributed by atoms with Crippen LogP contribution in [0.15, 0.2) is 66.0 Å². The molecule has 0 bridgehead atoms. The maximum atomic E-state index is 12.8. The Labute approximate surface area is 182 Å². The van der Waals surface area contributed by atoms with Crippen molar-refractivity contribution in [2.75, 3.05) is 18.4 Å². The standard InChI is InChI=1S/C22H25N5O3S/c1-17-4-2-5-18(14-17)16-27-21(7-11-24-27)25-22(28)19-8-12-26(13-9-19)31(29,30)20-6-3-10-23-15-20/h2-7,10-11,14-15,19H,8-9,12-13,16H2,1H3,(H,25,28). The molecule has 0 aliphatic carbocycles. The van der Waals surface area contributed by atoms with Crippen molar-refractivity contribution in [3.8, 4) is 0 Å². The zero-order valence-electron chi connectivity index (χ0n) is 17.3. The van der Waals surface area contributed by atoms with Gasteiger partial charge in [-0.25, -0.2) is 13.1 Å². The Morgan fingerprint density at radius 2 is 1.94 bits per heavy atom. The summed E-state index contributed by atoms with van der Waals surface area (Å²) in [5.74, 6) is 0.281. The summed E-state index contributed by atoms with van der Waals surface area (Å²) < 4.78 is 28.7. The number of anilines is 1. The molecule has 31 heavy (non-hydrogen) atoms. The topological polar surface area (TPSA) is 97.2 Å². The number of hydrogen-bond donors (Lipinski definition) is 1. The second-order valence-corrected chi connectivity index (χ2v) is 9.66. The molecule has 1 aliphatic rings. The molecule has 1 N–H and O–H groups in total. The van der Waals surface area contributed by atoms with Crippen LogP contribution in [0.4, 0.5) is 5.82 Å². The number of benzene rings is 1. The lowest BCUT2D eigenvalue weighted by Gasteiger charge is -2.30. The van der Waals surface area contributed by atoms with Crippen molar-refractivity contribution in [1.82, 2.24) is 19.1 Å². The van der Waals surface area contributed by atoms with Gasteiger partial charge in [0.05, 0.1) is 12.7 Å². The summed E-state index contributed by atoms with van der Waals surface area (Å²) in [5.41, 5.74) is 2.27. The first-order valence-corrected chi connectivity index (χ1v) is 11.7. The summed E-state index contributed by atoms with van der Waals surface area (Å²) in [6.45, 7) is 3.21. The van der Waals surface area contributed by atoms with Crippen LogP contribution in [0.5, 0.6) is 0 Å². The largest absolute Gasteiger partial charge is 0.311 e. The van der Waals surface area contributed by atoms with Crippen molar-refractivity contribution in [2.24, 2.45) is 5.92 Å². The number of aromatic nitrogens is 3. The third-order valence-corrected chi connectivity index (χ3v) is 7.36. The molecule has 2 aromatic heterocycles. The van der Waals surface area contributed by atoms with E-state index in [1.807, 2.05) is 25.1 Å². The van der Waals surface area contributed by atoms with Gasteiger partial charge in [-0.2, -0.15) is 9.40 Å². The quantitative estimate of drug-likeness (QED) is 0.637. The Kier molecular flexibility index (Phi) is 6.15. The summed E-state index contributed by atoms with van der Waals surface area (Å²) in [4.78, 5) is 16.9. The van der Waals surface area contributed by atoms with Gasteiger partial charge in [0.15, 0.2) is 0 Å². The molecular formula is C22H25N5O3S. The third-order valence-electron chi connectivity index (χ3n) is 5.48. The summed E-state index contributed by atoms with van der Waals surface area (Å²) >= 11 is 0. The van der Waals surface area contributed by atoms with E-state index < -0.39 is 10.0 Å². The molecule has 0 radical (unpaired) electrons. The highest BCUT2D eigenvalue weighted by Gasteiger charge is 2.32. The number of sulfonamides is 1. The summed E-state index contributed by atoms with van der Waals surface area (Å²) in [6.07, 6.45) is 5.49. The van der Waals surface area contributed by atoms with Gasteiger partial charge < -0.3 is 5.32 Å². The number of carbonyl (C=O) groups is 1. The fourth-order valence-electron chi connectivity index (χ4n) is 3.78. The molecule has 8 nitrogen and oxygen atoms in total. The second kappa shape index (κ2) is 8.99. The molecule has 3 heterocycles. The summed E-state index contributed by atoms with van der Waals surface area (Å²) in [6, 6.07) is 13.1. The van der Waals surface area contributed by atoms with Gasteiger partial charge in [0.2, 0.25) is 15.9 Å². The fourth-order valence-corrected chi connectivity index (χ4v) is 5.22. The molecular weight excluding hydrogens is 414 g/mol. The smallest absolute Gasteiger partial charge is 0.244 e. The number of amides is 1. The molecule has 0 atom stereocenters. The minimum Gasteiger partial charge on any atom is -0.311 e. The van der Waals surface area contributed by atoms with E-state index in [0.717, 1.165) is 5.56 Å². The van der Waals surface area contributed by atoms with Crippen molar-refractivity contribution in [3.63, 3.8) is 0 Å². The Hall–Kier alpha value is -3.04. The van der Waals surface area contributed by atoms with E-state index in [9.17, 15) is 13.2 Å². The molecule has 1 amide bonds. The number of piperidine rings is 1. The predicted molar refractivity (Wildman–Crippen MR) is 117 cm³/mol. The molecule has 1 saturated heterocycles. The number of nitrogens with zero attached hydrogens (tertiary/aromatic N) is 4. The molecule has 4 rings (SSSR count). The van der Waals surface area contributed by atoms with Gasteiger partial charge in [-0.1, -0.05) is 29.8 Å². The molecule has 162 valence electrons. The first kappa shape index (κ1) is 21.2. The number of pyridine rings is 1. The Morgan fingerprint density at radius 1 is 1.13 bits per heavy atom. The van der Waals surface area contributed by atoms with Crippen molar-refractivity contribution in [3.05, 3.63) is 72.2 Å². The van der Waals surface area contributed by atoms with Gasteiger partial charge in [-0.05, 0) is 37.5 Å². The van der Waals surface area contributed by atoms with Gasteiger partial charge >= 0.3 is 0 Å². The second-order valence-electron chi connectivity index (χ2n) is 7.72. The van der Waals surface area contributed by atoms with E-state index in [0.29, 0.717) is 38.3 Å². The van der Waals surface area contributed by atoms with Gasteiger partial charge in [0.1, 0.15) is 10.7 Å². The van der Waals surface area contributed by atoms with Crippen LogP contribution < -0.4 is 5.32 Å². The van der Waals surface area contributed by atoms with Crippen molar-refractivity contribution >= 4 is 21.7 Å². The van der Waals surface area contributed by atoms with E-state index in [1.165, 1.54) is 22.1 Å². The van der Waals surface area contributed by atoms with Crippen LogP contribution in [0, 0.1) is 12.8 Å². The predicted octanol–water partition coefficient (Wildman–Crippen LogP) is 2.67. The number of rotatable bonds is 6. The minimum absolute atomic E-state index is 0.107. The van der Waals surface area contributed by atoms with E-state index in [-0.39, 0.29) is 16.7 Å². The van der Waals surface area contributed by atoms with Gasteiger partial charge in [-0.15, -0.1) is 0 Å². The summed E-state index contributed by atoms with van der Waals surface area (Å²) in [7, 11) is -3.58. The first-order valence-electron chi connectivity index (χ1n) is 10.2. The third kappa shape index (κ3) is 4.83. The highest BCUT2D eigenvalue weighted by atomic mass is 32.2. The van der Waals surface area contributed by atoms with Crippen molar-refractivity contribution in [1.29, 1.82) is 0 Å².